The molecule has 0 aliphatic heterocycles. The van der Waals surface area contributed by atoms with Gasteiger partial charge in [-0.1, -0.05) is 90.4 Å². The van der Waals surface area contributed by atoms with Gasteiger partial charge in [-0.2, -0.15) is 0 Å². The number of unbranched alkanes of at least 4 members (excludes halogenated alkanes) is 13. The summed E-state index contributed by atoms with van der Waals surface area (Å²) in [7, 11) is 0. The minimum atomic E-state index is -0.418. The lowest BCUT2D eigenvalue weighted by molar-refractivity contribution is -0.383. The Morgan fingerprint density at radius 3 is 1.77 bits per heavy atom. The number of hydrogen-bond acceptors (Lipinski definition) is 6. The van der Waals surface area contributed by atoms with Crippen molar-refractivity contribution in [3.63, 3.8) is 0 Å². The molecule has 0 radical (unpaired) electrons. The fourth-order valence-corrected chi connectivity index (χ4v) is 3.59. The zero-order valence-corrected chi connectivity index (χ0v) is 19.4. The van der Waals surface area contributed by atoms with Gasteiger partial charge in [-0.05, 0) is 20.3 Å². The maximum atomic E-state index is 11.4. The summed E-state index contributed by atoms with van der Waals surface area (Å²) in [5.41, 5.74) is -0.0726. The lowest BCUT2D eigenvalue weighted by atomic mass is 10.0. The summed E-state index contributed by atoms with van der Waals surface area (Å²) in [6.45, 7) is 6.81. The van der Waals surface area contributed by atoms with Crippen LogP contribution in [0.15, 0.2) is 6.33 Å². The number of rotatable bonds is 19. The first kappa shape index (κ1) is 26.1. The molecule has 0 aromatic carbocycles. The van der Waals surface area contributed by atoms with Crippen LogP contribution in [0.1, 0.15) is 111 Å². The average molecular weight is 422 g/mol. The van der Waals surface area contributed by atoms with E-state index in [0.29, 0.717) is 12.4 Å². The zero-order chi connectivity index (χ0) is 22.0. The zero-order valence-electron chi connectivity index (χ0n) is 19.4. The number of nitrogens with zero attached hydrogens (tertiary/aromatic N) is 3. The van der Waals surface area contributed by atoms with Crippen molar-refractivity contribution in [3.05, 3.63) is 16.4 Å². The summed E-state index contributed by atoms with van der Waals surface area (Å²) < 4.78 is 0. The molecule has 0 bridgehead atoms. The second kappa shape index (κ2) is 16.8. The van der Waals surface area contributed by atoms with Gasteiger partial charge in [0.1, 0.15) is 6.33 Å². The van der Waals surface area contributed by atoms with Crippen LogP contribution >= 0.6 is 0 Å². The number of hydrogen-bond donors (Lipinski definition) is 2. The van der Waals surface area contributed by atoms with Crippen molar-refractivity contribution in [1.82, 2.24) is 9.97 Å². The van der Waals surface area contributed by atoms with Crippen molar-refractivity contribution in [3.8, 4) is 0 Å². The van der Waals surface area contributed by atoms with Crippen LogP contribution in [0.2, 0.25) is 0 Å². The van der Waals surface area contributed by atoms with Crippen molar-refractivity contribution >= 4 is 17.3 Å². The molecule has 1 heterocycles. The minimum Gasteiger partial charge on any atom is -0.364 e. The molecule has 1 aromatic heterocycles. The largest absolute Gasteiger partial charge is 0.364 e. The first-order chi connectivity index (χ1) is 14.6. The van der Waals surface area contributed by atoms with E-state index in [1.165, 1.54) is 83.4 Å². The van der Waals surface area contributed by atoms with Gasteiger partial charge in [-0.25, -0.2) is 9.97 Å². The summed E-state index contributed by atoms with van der Waals surface area (Å²) >= 11 is 0. The quantitative estimate of drug-likeness (QED) is 0.141. The molecule has 7 nitrogen and oxygen atoms in total. The van der Waals surface area contributed by atoms with Crippen molar-refractivity contribution < 1.29 is 4.92 Å². The van der Waals surface area contributed by atoms with Gasteiger partial charge in [0.05, 0.1) is 4.92 Å². The van der Waals surface area contributed by atoms with E-state index in [9.17, 15) is 10.1 Å². The molecule has 2 N–H and O–H groups in total. The molecule has 0 aliphatic rings. The van der Waals surface area contributed by atoms with E-state index in [1.807, 2.05) is 13.8 Å². The molecule has 30 heavy (non-hydrogen) atoms. The van der Waals surface area contributed by atoms with Crippen molar-refractivity contribution in [2.75, 3.05) is 17.2 Å². The van der Waals surface area contributed by atoms with E-state index in [1.54, 1.807) is 0 Å². The summed E-state index contributed by atoms with van der Waals surface area (Å²) in [5, 5.41) is 17.6. The molecule has 0 saturated carbocycles. The molecule has 0 spiro atoms. The topological polar surface area (TPSA) is 93.0 Å². The summed E-state index contributed by atoms with van der Waals surface area (Å²) in [4.78, 5) is 19.1. The number of nitrogens with one attached hydrogen (secondary N) is 2. The molecule has 172 valence electrons. The first-order valence-corrected chi connectivity index (χ1v) is 12.1. The highest BCUT2D eigenvalue weighted by atomic mass is 16.6. The van der Waals surface area contributed by atoms with Gasteiger partial charge in [0.15, 0.2) is 0 Å². The normalized spacial score (nSPS) is 11.1. The van der Waals surface area contributed by atoms with Gasteiger partial charge in [0.2, 0.25) is 11.6 Å². The van der Waals surface area contributed by atoms with E-state index in [0.717, 1.165) is 12.8 Å². The fraction of sp³-hybridized carbons (Fsp3) is 0.826. The van der Waals surface area contributed by atoms with Gasteiger partial charge in [0.25, 0.3) is 0 Å². The Morgan fingerprint density at radius 2 is 1.30 bits per heavy atom. The molecule has 7 heteroatoms. The van der Waals surface area contributed by atoms with Crippen LogP contribution < -0.4 is 10.6 Å². The second-order valence-electron chi connectivity index (χ2n) is 8.50. The van der Waals surface area contributed by atoms with Crippen LogP contribution in [0.4, 0.5) is 17.3 Å². The summed E-state index contributed by atoms with van der Waals surface area (Å²) in [5.74, 6) is 0.571. The highest BCUT2D eigenvalue weighted by Crippen LogP contribution is 2.29. The third-order valence-electron chi connectivity index (χ3n) is 5.25. The Balaban J connectivity index is 2.09. The van der Waals surface area contributed by atoms with Crippen LogP contribution in [-0.4, -0.2) is 27.5 Å². The second-order valence-corrected chi connectivity index (χ2v) is 8.50. The SMILES string of the molecule is CCCCCCCCCCCCCCCCNc1ncnc(NC(C)C)c1[N+](=O)[O-]. The maximum Gasteiger partial charge on any atom is 0.353 e. The Labute approximate surface area is 183 Å². The molecule has 1 aromatic rings. The van der Waals surface area contributed by atoms with Crippen molar-refractivity contribution in [2.45, 2.75) is 117 Å². The maximum absolute atomic E-state index is 11.4. The molecule has 1 rings (SSSR count). The van der Waals surface area contributed by atoms with Crippen molar-refractivity contribution in [1.29, 1.82) is 0 Å². The third kappa shape index (κ3) is 11.9. The molecule has 0 atom stereocenters. The first-order valence-electron chi connectivity index (χ1n) is 12.1. The molecular weight excluding hydrogens is 378 g/mol. The molecular formula is C23H43N5O2. The lowest BCUT2D eigenvalue weighted by Crippen LogP contribution is -2.15. The van der Waals surface area contributed by atoms with Crippen LogP contribution in [0.5, 0.6) is 0 Å². The van der Waals surface area contributed by atoms with E-state index in [4.69, 9.17) is 0 Å². The summed E-state index contributed by atoms with van der Waals surface area (Å²) in [6, 6.07) is 0.0669. The molecule has 0 unspecified atom stereocenters. The smallest absolute Gasteiger partial charge is 0.353 e. The Kier molecular flexibility index (Phi) is 14.7. The van der Waals surface area contributed by atoms with E-state index >= 15 is 0 Å². The van der Waals surface area contributed by atoms with E-state index < -0.39 is 4.92 Å². The Bertz CT molecular complexity index is 581. The standard InChI is InChI=1S/C23H43N5O2/c1-4-5-6-7-8-9-10-11-12-13-14-15-16-17-18-24-22-21(28(29)30)23(26-19-25-22)27-20(2)3/h19-20H,4-18H2,1-3H3,(H2,24,25,26,27). The Morgan fingerprint density at radius 1 is 0.833 bits per heavy atom. The van der Waals surface area contributed by atoms with Gasteiger partial charge in [-0.3, -0.25) is 10.1 Å². The predicted octanol–water partition coefficient (Wildman–Crippen LogP) is 7.10. The third-order valence-corrected chi connectivity index (χ3v) is 5.25. The Hall–Kier alpha value is -1.92. The fourth-order valence-electron chi connectivity index (χ4n) is 3.59. The number of aromatic nitrogens is 2. The molecule has 0 saturated heterocycles. The number of nitro groups is 1. The molecule has 0 amide bonds. The molecule has 0 fully saturated rings. The monoisotopic (exact) mass is 421 g/mol. The minimum absolute atomic E-state index is 0.0669. The van der Waals surface area contributed by atoms with Crippen molar-refractivity contribution in [2.24, 2.45) is 0 Å². The summed E-state index contributed by atoms with van der Waals surface area (Å²) in [6.07, 6.45) is 19.8. The van der Waals surface area contributed by atoms with Crippen LogP contribution in [0.25, 0.3) is 0 Å². The van der Waals surface area contributed by atoms with Crippen LogP contribution in [0.3, 0.4) is 0 Å². The van der Waals surface area contributed by atoms with Crippen LogP contribution in [-0.2, 0) is 0 Å². The molecule has 0 aliphatic carbocycles. The predicted molar refractivity (Wildman–Crippen MR) is 126 cm³/mol. The van der Waals surface area contributed by atoms with Crippen LogP contribution in [0, 0.1) is 10.1 Å². The average Bonchev–Trinajstić information content (AvgIpc) is 2.70. The highest BCUT2D eigenvalue weighted by Gasteiger charge is 2.22. The highest BCUT2D eigenvalue weighted by molar-refractivity contribution is 5.69. The number of anilines is 2. The van der Waals surface area contributed by atoms with E-state index in [2.05, 4.69) is 27.5 Å². The van der Waals surface area contributed by atoms with Gasteiger partial charge in [0, 0.05) is 12.6 Å². The van der Waals surface area contributed by atoms with E-state index in [-0.39, 0.29) is 17.5 Å². The van der Waals surface area contributed by atoms with Gasteiger partial charge < -0.3 is 10.6 Å². The van der Waals surface area contributed by atoms with Gasteiger partial charge in [-0.15, -0.1) is 0 Å². The lowest BCUT2D eigenvalue weighted by Gasteiger charge is -2.11. The van der Waals surface area contributed by atoms with Gasteiger partial charge >= 0.3 is 5.69 Å².